The van der Waals surface area contributed by atoms with E-state index in [9.17, 15) is 14.7 Å². The zero-order chi connectivity index (χ0) is 14.6. The number of hydrogen-bond acceptors (Lipinski definition) is 4. The molecule has 2 amide bonds. The zero-order valence-corrected chi connectivity index (χ0v) is 11.2. The first-order valence-electron chi connectivity index (χ1n) is 6.34. The molecule has 1 saturated heterocycles. The number of nitrogens with zero attached hydrogens (tertiary/aromatic N) is 1. The Morgan fingerprint density at radius 1 is 1.40 bits per heavy atom. The molecule has 0 saturated carbocycles. The first-order chi connectivity index (χ1) is 9.53. The molecule has 2 rings (SSSR count). The van der Waals surface area contributed by atoms with E-state index in [0.29, 0.717) is 18.9 Å². The predicted molar refractivity (Wildman–Crippen MR) is 71.5 cm³/mol. The highest BCUT2D eigenvalue weighted by Crippen LogP contribution is 2.21. The van der Waals surface area contributed by atoms with Gasteiger partial charge in [0.25, 0.3) is 0 Å². The second kappa shape index (κ2) is 5.87. The number of ether oxygens (including phenoxy) is 1. The van der Waals surface area contributed by atoms with Gasteiger partial charge in [-0.15, -0.1) is 0 Å². The van der Waals surface area contributed by atoms with Crippen molar-refractivity contribution in [2.45, 2.75) is 25.3 Å². The number of aryl methyl sites for hydroxylation is 1. The van der Waals surface area contributed by atoms with Gasteiger partial charge in [-0.25, -0.2) is 9.59 Å². The molecule has 7 nitrogen and oxygen atoms in total. The van der Waals surface area contributed by atoms with Crippen LogP contribution in [0.4, 0.5) is 10.5 Å². The zero-order valence-electron chi connectivity index (χ0n) is 11.2. The van der Waals surface area contributed by atoms with Crippen molar-refractivity contribution in [2.75, 3.05) is 18.5 Å². The van der Waals surface area contributed by atoms with Crippen molar-refractivity contribution in [3.63, 3.8) is 0 Å². The van der Waals surface area contributed by atoms with Gasteiger partial charge in [0.05, 0.1) is 11.9 Å². The fourth-order valence-electron chi connectivity index (χ4n) is 2.08. The minimum atomic E-state index is -1.27. The van der Waals surface area contributed by atoms with Gasteiger partial charge in [0.15, 0.2) is 0 Å². The highest BCUT2D eigenvalue weighted by molar-refractivity contribution is 5.94. The van der Waals surface area contributed by atoms with Gasteiger partial charge in [0, 0.05) is 32.3 Å². The standard InChI is InChI=1S/C13H17N3O4/c1-9-2-5-14-8-10(9)15-12(19)16-13(11(17)18)3-6-20-7-4-13/h2,5,8H,3-4,6-7H2,1H3,(H,17,18)(H2,15,16,19). The molecule has 7 heteroatoms. The number of anilines is 1. The monoisotopic (exact) mass is 279 g/mol. The fourth-order valence-corrected chi connectivity index (χ4v) is 2.08. The Kier molecular flexibility index (Phi) is 4.19. The van der Waals surface area contributed by atoms with Crippen molar-refractivity contribution in [3.05, 3.63) is 24.0 Å². The summed E-state index contributed by atoms with van der Waals surface area (Å²) in [5.74, 6) is -1.04. The first-order valence-corrected chi connectivity index (χ1v) is 6.34. The average Bonchev–Trinajstić information content (AvgIpc) is 2.42. The fraction of sp³-hybridized carbons (Fsp3) is 0.462. The van der Waals surface area contributed by atoms with Crippen molar-refractivity contribution in [1.29, 1.82) is 0 Å². The normalized spacial score (nSPS) is 17.2. The molecule has 0 radical (unpaired) electrons. The number of nitrogens with one attached hydrogen (secondary N) is 2. The van der Waals surface area contributed by atoms with Crippen LogP contribution in [-0.2, 0) is 9.53 Å². The summed E-state index contributed by atoms with van der Waals surface area (Å²) < 4.78 is 5.15. The lowest BCUT2D eigenvalue weighted by Gasteiger charge is -2.33. The minimum Gasteiger partial charge on any atom is -0.480 e. The molecule has 1 aromatic rings. The maximum absolute atomic E-state index is 12.0. The van der Waals surface area contributed by atoms with E-state index in [0.717, 1.165) is 5.56 Å². The Morgan fingerprint density at radius 3 is 2.70 bits per heavy atom. The number of aliphatic carboxylic acids is 1. The predicted octanol–water partition coefficient (Wildman–Crippen LogP) is 1.15. The van der Waals surface area contributed by atoms with Crippen LogP contribution in [0.1, 0.15) is 18.4 Å². The Balaban J connectivity index is 2.06. The molecule has 0 bridgehead atoms. The van der Waals surface area contributed by atoms with E-state index >= 15 is 0 Å². The number of amides is 2. The molecule has 0 unspecified atom stereocenters. The minimum absolute atomic E-state index is 0.252. The summed E-state index contributed by atoms with van der Waals surface area (Å²) in [5, 5.41) is 14.5. The topological polar surface area (TPSA) is 101 Å². The molecule has 0 aliphatic carbocycles. The van der Waals surface area contributed by atoms with Gasteiger partial charge in [-0.3, -0.25) is 4.98 Å². The molecule has 0 spiro atoms. The third kappa shape index (κ3) is 3.05. The molecule has 3 N–H and O–H groups in total. The molecule has 1 aliphatic heterocycles. The second-order valence-electron chi connectivity index (χ2n) is 4.77. The van der Waals surface area contributed by atoms with Gasteiger partial charge in [-0.1, -0.05) is 0 Å². The van der Waals surface area contributed by atoms with Crippen molar-refractivity contribution >= 4 is 17.7 Å². The number of hydrogen-bond donors (Lipinski definition) is 3. The van der Waals surface area contributed by atoms with Crippen LogP contribution < -0.4 is 10.6 Å². The van der Waals surface area contributed by atoms with E-state index in [1.807, 2.05) is 6.92 Å². The summed E-state index contributed by atoms with van der Waals surface area (Å²) in [4.78, 5) is 27.3. The molecule has 108 valence electrons. The summed E-state index contributed by atoms with van der Waals surface area (Å²) in [7, 11) is 0. The lowest BCUT2D eigenvalue weighted by Crippen LogP contribution is -2.58. The number of carbonyl (C=O) groups is 2. The smallest absolute Gasteiger partial charge is 0.329 e. The molecular weight excluding hydrogens is 262 g/mol. The number of rotatable bonds is 3. The van der Waals surface area contributed by atoms with Crippen molar-refractivity contribution in [3.8, 4) is 0 Å². The number of carboxylic acids is 1. The Hall–Kier alpha value is -2.15. The maximum atomic E-state index is 12.0. The number of urea groups is 1. The van der Waals surface area contributed by atoms with Gasteiger partial charge < -0.3 is 20.5 Å². The van der Waals surface area contributed by atoms with Gasteiger partial charge in [0.2, 0.25) is 0 Å². The number of carboxylic acid groups (broad SMARTS) is 1. The third-order valence-electron chi connectivity index (χ3n) is 3.40. The van der Waals surface area contributed by atoms with Crippen molar-refractivity contribution in [2.24, 2.45) is 0 Å². The average molecular weight is 279 g/mol. The molecule has 0 aromatic carbocycles. The largest absolute Gasteiger partial charge is 0.480 e. The SMILES string of the molecule is Cc1ccncc1NC(=O)NC1(C(=O)O)CCOCC1. The van der Waals surface area contributed by atoms with E-state index in [2.05, 4.69) is 15.6 Å². The number of aromatic nitrogens is 1. The quantitative estimate of drug-likeness (QED) is 0.770. The molecule has 0 atom stereocenters. The van der Waals surface area contributed by atoms with E-state index in [1.54, 1.807) is 12.3 Å². The number of pyridine rings is 1. The molecule has 20 heavy (non-hydrogen) atoms. The van der Waals surface area contributed by atoms with Gasteiger partial charge in [0.1, 0.15) is 5.54 Å². The van der Waals surface area contributed by atoms with Crippen LogP contribution in [0.25, 0.3) is 0 Å². The van der Waals surface area contributed by atoms with Crippen LogP contribution in [0.3, 0.4) is 0 Å². The van der Waals surface area contributed by atoms with Crippen LogP contribution in [0, 0.1) is 6.92 Å². The van der Waals surface area contributed by atoms with Gasteiger partial charge in [-0.2, -0.15) is 0 Å². The van der Waals surface area contributed by atoms with Crippen LogP contribution in [0.2, 0.25) is 0 Å². The van der Waals surface area contributed by atoms with Crippen molar-refractivity contribution < 1.29 is 19.4 Å². The van der Waals surface area contributed by atoms with Crippen molar-refractivity contribution in [1.82, 2.24) is 10.3 Å². The summed E-state index contributed by atoms with van der Waals surface area (Å²) >= 11 is 0. The molecule has 1 aliphatic rings. The Labute approximate surface area is 116 Å². The highest BCUT2D eigenvalue weighted by Gasteiger charge is 2.41. The van der Waals surface area contributed by atoms with Crippen LogP contribution in [-0.4, -0.2) is 40.8 Å². The molecule has 1 aromatic heterocycles. The van der Waals surface area contributed by atoms with E-state index in [1.165, 1.54) is 6.20 Å². The van der Waals surface area contributed by atoms with Gasteiger partial charge in [-0.05, 0) is 18.6 Å². The first kappa shape index (κ1) is 14.3. The highest BCUT2D eigenvalue weighted by atomic mass is 16.5. The summed E-state index contributed by atoms with van der Waals surface area (Å²) in [5.41, 5.74) is 0.141. The van der Waals surface area contributed by atoms with Crippen LogP contribution >= 0.6 is 0 Å². The molecular formula is C13H17N3O4. The Morgan fingerprint density at radius 2 is 2.10 bits per heavy atom. The lowest BCUT2D eigenvalue weighted by molar-refractivity contribution is -0.148. The number of carbonyl (C=O) groups excluding carboxylic acids is 1. The van der Waals surface area contributed by atoms with E-state index < -0.39 is 17.5 Å². The van der Waals surface area contributed by atoms with E-state index in [4.69, 9.17) is 4.74 Å². The lowest BCUT2D eigenvalue weighted by atomic mass is 9.90. The molecule has 2 heterocycles. The Bertz CT molecular complexity index is 512. The maximum Gasteiger partial charge on any atom is 0.329 e. The summed E-state index contributed by atoms with van der Waals surface area (Å²) in [6, 6.07) is 1.21. The van der Waals surface area contributed by atoms with Gasteiger partial charge >= 0.3 is 12.0 Å². The van der Waals surface area contributed by atoms with Crippen LogP contribution in [0.15, 0.2) is 18.5 Å². The molecule has 1 fully saturated rings. The summed E-state index contributed by atoms with van der Waals surface area (Å²) in [6.45, 7) is 2.47. The second-order valence-corrected chi connectivity index (χ2v) is 4.77. The summed E-state index contributed by atoms with van der Waals surface area (Å²) in [6.07, 6.45) is 3.64. The third-order valence-corrected chi connectivity index (χ3v) is 3.40. The van der Waals surface area contributed by atoms with E-state index in [-0.39, 0.29) is 12.8 Å². The van der Waals surface area contributed by atoms with Crippen LogP contribution in [0.5, 0.6) is 0 Å².